The molecule has 0 saturated heterocycles. The summed E-state index contributed by atoms with van der Waals surface area (Å²) in [4.78, 5) is 8.10. The van der Waals surface area contributed by atoms with Crippen LogP contribution in [0.2, 0.25) is 5.28 Å². The molecule has 0 spiro atoms. The fourth-order valence-corrected chi connectivity index (χ4v) is 2.04. The summed E-state index contributed by atoms with van der Waals surface area (Å²) in [7, 11) is 0. The average Bonchev–Trinajstić information content (AvgIpc) is 2.41. The normalized spacial score (nSPS) is 10.4. The van der Waals surface area contributed by atoms with Crippen LogP contribution in [0.5, 0.6) is 0 Å². The van der Waals surface area contributed by atoms with E-state index in [1.54, 1.807) is 0 Å². The van der Waals surface area contributed by atoms with Crippen molar-refractivity contribution in [3.8, 4) is 0 Å². The summed E-state index contributed by atoms with van der Waals surface area (Å²) < 4.78 is 0. The molecule has 4 nitrogen and oxygen atoms in total. The first-order valence-electron chi connectivity index (χ1n) is 6.24. The number of aromatic nitrogens is 2. The van der Waals surface area contributed by atoms with E-state index in [2.05, 4.69) is 27.4 Å². The van der Waals surface area contributed by atoms with Gasteiger partial charge in [0.1, 0.15) is 0 Å². The number of nitrogens with two attached hydrogens (primary N) is 1. The maximum Gasteiger partial charge on any atom is 0.224 e. The topological polar surface area (TPSA) is 63.8 Å². The Balaban J connectivity index is 1.86. The lowest BCUT2D eigenvalue weighted by Gasteiger charge is -2.10. The second-order valence-electron chi connectivity index (χ2n) is 4.36. The molecule has 19 heavy (non-hydrogen) atoms. The van der Waals surface area contributed by atoms with Gasteiger partial charge in [-0.1, -0.05) is 30.3 Å². The summed E-state index contributed by atoms with van der Waals surface area (Å²) in [6, 6.07) is 10.4. The summed E-state index contributed by atoms with van der Waals surface area (Å²) in [6.07, 6.45) is 2.02. The van der Waals surface area contributed by atoms with E-state index in [0.29, 0.717) is 17.2 Å². The predicted octanol–water partition coefficient (Wildman–Crippen LogP) is 3.07. The highest BCUT2D eigenvalue weighted by Crippen LogP contribution is 2.20. The molecular weight excluding hydrogens is 260 g/mol. The van der Waals surface area contributed by atoms with Crippen molar-refractivity contribution < 1.29 is 0 Å². The molecular formula is C14H17ClN4. The molecule has 0 aliphatic carbocycles. The molecule has 0 fully saturated rings. The Morgan fingerprint density at radius 2 is 1.95 bits per heavy atom. The number of nitrogen functional groups attached to an aromatic ring is 1. The van der Waals surface area contributed by atoms with Crippen LogP contribution in [-0.4, -0.2) is 16.5 Å². The van der Waals surface area contributed by atoms with E-state index < -0.39 is 0 Å². The smallest absolute Gasteiger partial charge is 0.224 e. The number of benzene rings is 1. The number of halogens is 1. The van der Waals surface area contributed by atoms with Crippen molar-refractivity contribution in [1.29, 1.82) is 0 Å². The van der Waals surface area contributed by atoms with Gasteiger partial charge in [0.15, 0.2) is 5.82 Å². The molecule has 2 aromatic rings. The van der Waals surface area contributed by atoms with E-state index >= 15 is 0 Å². The van der Waals surface area contributed by atoms with Crippen molar-refractivity contribution in [3.63, 3.8) is 0 Å². The Labute approximate surface area is 118 Å². The second kappa shape index (κ2) is 6.38. The number of hydrogen-bond donors (Lipinski definition) is 2. The molecule has 2 rings (SSSR count). The summed E-state index contributed by atoms with van der Waals surface area (Å²) in [6.45, 7) is 2.61. The van der Waals surface area contributed by atoms with Crippen LogP contribution in [-0.2, 0) is 6.42 Å². The van der Waals surface area contributed by atoms with Gasteiger partial charge in [-0.25, -0.2) is 4.98 Å². The lowest BCUT2D eigenvalue weighted by molar-refractivity contribution is 0.858. The van der Waals surface area contributed by atoms with Crippen LogP contribution >= 0.6 is 11.6 Å². The van der Waals surface area contributed by atoms with Gasteiger partial charge in [-0.3, -0.25) is 0 Å². The Hall–Kier alpha value is -1.81. The number of nitrogens with zero attached hydrogens (tertiary/aromatic N) is 2. The lowest BCUT2D eigenvalue weighted by Crippen LogP contribution is -2.09. The van der Waals surface area contributed by atoms with Crippen molar-refractivity contribution in [1.82, 2.24) is 9.97 Å². The van der Waals surface area contributed by atoms with Crippen LogP contribution in [0.1, 0.15) is 17.7 Å². The first-order chi connectivity index (χ1) is 9.16. The molecule has 0 atom stereocenters. The van der Waals surface area contributed by atoms with Crippen molar-refractivity contribution in [2.75, 3.05) is 17.6 Å². The number of anilines is 2. The van der Waals surface area contributed by atoms with Crippen LogP contribution < -0.4 is 11.1 Å². The fraction of sp³-hybridized carbons (Fsp3) is 0.286. The average molecular weight is 277 g/mol. The van der Waals surface area contributed by atoms with Gasteiger partial charge in [-0.2, -0.15) is 4.98 Å². The Morgan fingerprint density at radius 3 is 2.68 bits per heavy atom. The van der Waals surface area contributed by atoms with Crippen LogP contribution in [0.25, 0.3) is 0 Å². The summed E-state index contributed by atoms with van der Waals surface area (Å²) in [5, 5.41) is 3.42. The van der Waals surface area contributed by atoms with Gasteiger partial charge in [0.25, 0.3) is 0 Å². The number of nitrogens with one attached hydrogen (secondary N) is 1. The SMILES string of the molecule is Cc1nc(Cl)nc(NCCCc2ccccc2)c1N. The highest BCUT2D eigenvalue weighted by Gasteiger charge is 2.06. The standard InChI is InChI=1S/C14H17ClN4/c1-10-12(16)13(19-14(15)18-10)17-9-5-8-11-6-3-2-4-7-11/h2-4,6-7H,5,8-9,16H2,1H3,(H,17,18,19). The first-order valence-corrected chi connectivity index (χ1v) is 6.62. The largest absolute Gasteiger partial charge is 0.394 e. The molecule has 100 valence electrons. The maximum atomic E-state index is 5.90. The van der Waals surface area contributed by atoms with Gasteiger partial charge in [0.2, 0.25) is 5.28 Å². The third-order valence-corrected chi connectivity index (χ3v) is 3.06. The highest BCUT2D eigenvalue weighted by molar-refractivity contribution is 6.28. The van der Waals surface area contributed by atoms with Crippen LogP contribution in [0, 0.1) is 6.92 Å². The number of aryl methyl sites for hydroxylation is 2. The zero-order chi connectivity index (χ0) is 13.7. The number of hydrogen-bond acceptors (Lipinski definition) is 4. The van der Waals surface area contributed by atoms with Gasteiger partial charge < -0.3 is 11.1 Å². The molecule has 0 aliphatic heterocycles. The minimum absolute atomic E-state index is 0.220. The van der Waals surface area contributed by atoms with E-state index in [1.165, 1.54) is 5.56 Å². The number of rotatable bonds is 5. The fourth-order valence-electron chi connectivity index (χ4n) is 1.83. The molecule has 0 unspecified atom stereocenters. The Bertz CT molecular complexity index is 543. The summed E-state index contributed by atoms with van der Waals surface area (Å²) >= 11 is 5.81. The van der Waals surface area contributed by atoms with Crippen molar-refractivity contribution in [3.05, 3.63) is 46.9 Å². The monoisotopic (exact) mass is 276 g/mol. The minimum atomic E-state index is 0.220. The third kappa shape index (κ3) is 3.83. The van der Waals surface area contributed by atoms with E-state index in [1.807, 2.05) is 25.1 Å². The zero-order valence-electron chi connectivity index (χ0n) is 10.9. The van der Waals surface area contributed by atoms with E-state index in [-0.39, 0.29) is 5.28 Å². The van der Waals surface area contributed by atoms with Crippen molar-refractivity contribution in [2.45, 2.75) is 19.8 Å². The second-order valence-corrected chi connectivity index (χ2v) is 4.69. The predicted molar refractivity (Wildman–Crippen MR) is 79.4 cm³/mol. The lowest BCUT2D eigenvalue weighted by atomic mass is 10.1. The molecule has 1 aromatic heterocycles. The van der Waals surface area contributed by atoms with Crippen molar-refractivity contribution in [2.24, 2.45) is 0 Å². The van der Waals surface area contributed by atoms with Crippen LogP contribution in [0.15, 0.2) is 30.3 Å². The molecule has 3 N–H and O–H groups in total. The maximum absolute atomic E-state index is 5.90. The molecule has 0 saturated carbocycles. The van der Waals surface area contributed by atoms with Gasteiger partial charge in [-0.15, -0.1) is 0 Å². The van der Waals surface area contributed by atoms with Crippen molar-refractivity contribution >= 4 is 23.1 Å². The molecule has 0 bridgehead atoms. The van der Waals surface area contributed by atoms with E-state index in [0.717, 1.165) is 19.4 Å². The first kappa shape index (κ1) is 13.6. The van der Waals surface area contributed by atoms with Gasteiger partial charge >= 0.3 is 0 Å². The molecule has 0 aliphatic rings. The Morgan fingerprint density at radius 1 is 1.21 bits per heavy atom. The van der Waals surface area contributed by atoms with E-state index in [4.69, 9.17) is 17.3 Å². The third-order valence-electron chi connectivity index (χ3n) is 2.89. The quantitative estimate of drug-likeness (QED) is 0.651. The molecule has 0 radical (unpaired) electrons. The Kier molecular flexibility index (Phi) is 4.58. The summed E-state index contributed by atoms with van der Waals surface area (Å²) in [5.41, 5.74) is 8.49. The molecule has 5 heteroatoms. The van der Waals surface area contributed by atoms with Crippen LogP contribution in [0.4, 0.5) is 11.5 Å². The summed E-state index contributed by atoms with van der Waals surface area (Å²) in [5.74, 6) is 0.616. The minimum Gasteiger partial charge on any atom is -0.394 e. The van der Waals surface area contributed by atoms with E-state index in [9.17, 15) is 0 Å². The molecule has 1 heterocycles. The van der Waals surface area contributed by atoms with Gasteiger partial charge in [0.05, 0.1) is 11.4 Å². The molecule has 1 aromatic carbocycles. The van der Waals surface area contributed by atoms with Gasteiger partial charge in [-0.05, 0) is 36.9 Å². The highest BCUT2D eigenvalue weighted by atomic mass is 35.5. The van der Waals surface area contributed by atoms with Crippen LogP contribution in [0.3, 0.4) is 0 Å². The van der Waals surface area contributed by atoms with Gasteiger partial charge in [0, 0.05) is 6.54 Å². The zero-order valence-corrected chi connectivity index (χ0v) is 11.6. The molecule has 0 amide bonds.